The quantitative estimate of drug-likeness (QED) is 0.433. The van der Waals surface area contributed by atoms with Crippen molar-refractivity contribution in [3.63, 3.8) is 0 Å². The highest BCUT2D eigenvalue weighted by Crippen LogP contribution is 2.31. The molecule has 160 valence electrons. The van der Waals surface area contributed by atoms with Gasteiger partial charge < -0.3 is 15.4 Å². The smallest absolute Gasteiger partial charge is 0.255 e. The van der Waals surface area contributed by atoms with Gasteiger partial charge in [0.05, 0.1) is 18.6 Å². The summed E-state index contributed by atoms with van der Waals surface area (Å²) in [5.41, 5.74) is 3.65. The number of amides is 2. The number of halogens is 1. The third-order valence-corrected chi connectivity index (χ3v) is 6.01. The second-order valence-electron chi connectivity index (χ2n) is 6.94. The van der Waals surface area contributed by atoms with Crippen molar-refractivity contribution in [2.75, 3.05) is 23.5 Å². The molecule has 0 fully saturated rings. The van der Waals surface area contributed by atoms with Crippen LogP contribution in [0, 0.1) is 13.8 Å². The SMILES string of the molecule is COc1cc(Cl)c(C)cc1NC(=O)CSc1cccc(NC(=O)c2ccccc2C)c1. The lowest BCUT2D eigenvalue weighted by atomic mass is 10.1. The number of benzene rings is 3. The number of anilines is 2. The highest BCUT2D eigenvalue weighted by atomic mass is 35.5. The van der Waals surface area contributed by atoms with Crippen LogP contribution < -0.4 is 15.4 Å². The highest BCUT2D eigenvalue weighted by Gasteiger charge is 2.12. The van der Waals surface area contributed by atoms with Gasteiger partial charge >= 0.3 is 0 Å². The van der Waals surface area contributed by atoms with Gasteiger partial charge in [0.15, 0.2) is 0 Å². The molecule has 0 aliphatic carbocycles. The van der Waals surface area contributed by atoms with E-state index in [1.54, 1.807) is 18.2 Å². The Morgan fingerprint density at radius 3 is 2.48 bits per heavy atom. The van der Waals surface area contributed by atoms with E-state index >= 15 is 0 Å². The third kappa shape index (κ3) is 6.03. The summed E-state index contributed by atoms with van der Waals surface area (Å²) in [4.78, 5) is 25.8. The van der Waals surface area contributed by atoms with E-state index in [0.717, 1.165) is 16.0 Å². The number of ether oxygens (including phenoxy) is 1. The van der Waals surface area contributed by atoms with E-state index in [0.29, 0.717) is 27.7 Å². The molecule has 3 rings (SSSR count). The number of hydrogen-bond donors (Lipinski definition) is 2. The monoisotopic (exact) mass is 454 g/mol. The zero-order valence-corrected chi connectivity index (χ0v) is 19.1. The van der Waals surface area contributed by atoms with Gasteiger partial charge in [0.25, 0.3) is 5.91 Å². The molecule has 5 nitrogen and oxygen atoms in total. The fourth-order valence-corrected chi connectivity index (χ4v) is 3.86. The standard InChI is InChI=1S/C24H23ClN2O3S/c1-15-7-4-5-10-19(15)24(29)26-17-8-6-9-18(12-17)31-14-23(28)27-21-11-16(2)20(25)13-22(21)30-3/h4-13H,14H2,1-3H3,(H,26,29)(H,27,28). The van der Waals surface area contributed by atoms with Crippen LogP contribution in [0.3, 0.4) is 0 Å². The van der Waals surface area contributed by atoms with E-state index < -0.39 is 0 Å². The van der Waals surface area contributed by atoms with Crippen LogP contribution in [0.25, 0.3) is 0 Å². The Kier molecular flexibility index (Phi) is 7.60. The van der Waals surface area contributed by atoms with Crippen LogP contribution in [0.15, 0.2) is 65.6 Å². The number of rotatable bonds is 7. The van der Waals surface area contributed by atoms with Gasteiger partial charge in [0.1, 0.15) is 5.75 Å². The molecule has 3 aromatic carbocycles. The molecule has 2 amide bonds. The molecule has 7 heteroatoms. The van der Waals surface area contributed by atoms with Crippen molar-refractivity contribution in [3.05, 3.63) is 82.4 Å². The first-order valence-electron chi connectivity index (χ1n) is 9.61. The first-order chi connectivity index (χ1) is 14.9. The first-order valence-corrected chi connectivity index (χ1v) is 11.0. The Balaban J connectivity index is 1.61. The molecule has 0 aromatic heterocycles. The molecule has 0 bridgehead atoms. The van der Waals surface area contributed by atoms with Crippen LogP contribution in [0.1, 0.15) is 21.5 Å². The first kappa shape index (κ1) is 22.7. The molecule has 0 unspecified atom stereocenters. The zero-order valence-electron chi connectivity index (χ0n) is 17.5. The largest absolute Gasteiger partial charge is 0.495 e. The summed E-state index contributed by atoms with van der Waals surface area (Å²) in [5.74, 6) is 0.387. The van der Waals surface area contributed by atoms with Crippen molar-refractivity contribution in [2.24, 2.45) is 0 Å². The maximum atomic E-state index is 12.5. The van der Waals surface area contributed by atoms with Crippen molar-refractivity contribution < 1.29 is 14.3 Å². The van der Waals surface area contributed by atoms with Gasteiger partial charge in [-0.25, -0.2) is 0 Å². The van der Waals surface area contributed by atoms with Crippen molar-refractivity contribution in [1.82, 2.24) is 0 Å². The molecule has 0 saturated heterocycles. The van der Waals surface area contributed by atoms with E-state index in [-0.39, 0.29) is 17.6 Å². The lowest BCUT2D eigenvalue weighted by molar-refractivity contribution is -0.113. The van der Waals surface area contributed by atoms with E-state index in [1.807, 2.05) is 56.3 Å². The summed E-state index contributed by atoms with van der Waals surface area (Å²) >= 11 is 7.49. The average molecular weight is 455 g/mol. The van der Waals surface area contributed by atoms with Gasteiger partial charge in [0.2, 0.25) is 5.91 Å². The number of carbonyl (C=O) groups is 2. The van der Waals surface area contributed by atoms with Crippen molar-refractivity contribution in [2.45, 2.75) is 18.7 Å². The summed E-state index contributed by atoms with van der Waals surface area (Å²) in [7, 11) is 1.53. The summed E-state index contributed by atoms with van der Waals surface area (Å²) in [5, 5.41) is 6.35. The van der Waals surface area contributed by atoms with Crippen LogP contribution in [0.2, 0.25) is 5.02 Å². The van der Waals surface area contributed by atoms with Crippen molar-refractivity contribution >= 4 is 46.6 Å². The van der Waals surface area contributed by atoms with Gasteiger partial charge in [0, 0.05) is 27.2 Å². The number of carbonyl (C=O) groups excluding carboxylic acids is 2. The number of methoxy groups -OCH3 is 1. The molecule has 0 atom stereocenters. The second-order valence-corrected chi connectivity index (χ2v) is 8.39. The summed E-state index contributed by atoms with van der Waals surface area (Å²) in [6, 6.07) is 18.3. The van der Waals surface area contributed by atoms with E-state index in [1.165, 1.54) is 18.9 Å². The summed E-state index contributed by atoms with van der Waals surface area (Å²) < 4.78 is 5.30. The third-order valence-electron chi connectivity index (χ3n) is 4.61. The minimum absolute atomic E-state index is 0.164. The number of hydrogen-bond acceptors (Lipinski definition) is 4. The average Bonchev–Trinajstić information content (AvgIpc) is 2.75. The summed E-state index contributed by atoms with van der Waals surface area (Å²) in [6.45, 7) is 3.76. The summed E-state index contributed by atoms with van der Waals surface area (Å²) in [6.07, 6.45) is 0. The van der Waals surface area contributed by atoms with Crippen molar-refractivity contribution in [1.29, 1.82) is 0 Å². The fourth-order valence-electron chi connectivity index (χ4n) is 2.95. The molecule has 0 aliphatic rings. The van der Waals surface area contributed by atoms with Crippen LogP contribution in [-0.2, 0) is 4.79 Å². The van der Waals surface area contributed by atoms with E-state index in [2.05, 4.69) is 10.6 Å². The molecule has 3 aromatic rings. The lowest BCUT2D eigenvalue weighted by Gasteiger charge is -2.12. The van der Waals surface area contributed by atoms with Gasteiger partial charge in [-0.1, -0.05) is 35.9 Å². The van der Waals surface area contributed by atoms with Crippen LogP contribution in [0.4, 0.5) is 11.4 Å². The van der Waals surface area contributed by atoms with E-state index in [4.69, 9.17) is 16.3 Å². The molecule has 31 heavy (non-hydrogen) atoms. The predicted molar refractivity (Wildman–Crippen MR) is 128 cm³/mol. The van der Waals surface area contributed by atoms with Gasteiger partial charge in [-0.05, 0) is 55.3 Å². The molecule has 0 heterocycles. The van der Waals surface area contributed by atoms with E-state index in [9.17, 15) is 9.59 Å². The number of nitrogens with one attached hydrogen (secondary N) is 2. The zero-order chi connectivity index (χ0) is 22.4. The Labute approximate surface area is 191 Å². The highest BCUT2D eigenvalue weighted by molar-refractivity contribution is 8.00. The Bertz CT molecular complexity index is 1120. The molecular formula is C24H23ClN2O3S. The van der Waals surface area contributed by atoms with Crippen LogP contribution in [0.5, 0.6) is 5.75 Å². The van der Waals surface area contributed by atoms with Crippen LogP contribution >= 0.6 is 23.4 Å². The van der Waals surface area contributed by atoms with Gasteiger partial charge in [-0.2, -0.15) is 0 Å². The minimum atomic E-state index is -0.167. The topological polar surface area (TPSA) is 67.4 Å². The van der Waals surface area contributed by atoms with Gasteiger partial charge in [-0.3, -0.25) is 9.59 Å². The maximum absolute atomic E-state index is 12.5. The molecular weight excluding hydrogens is 432 g/mol. The number of thioether (sulfide) groups is 1. The predicted octanol–water partition coefficient (Wildman–Crippen LogP) is 5.95. The normalized spacial score (nSPS) is 10.5. The molecule has 0 radical (unpaired) electrons. The molecule has 0 aliphatic heterocycles. The van der Waals surface area contributed by atoms with Gasteiger partial charge in [-0.15, -0.1) is 11.8 Å². The Morgan fingerprint density at radius 2 is 1.74 bits per heavy atom. The molecule has 0 spiro atoms. The Hall–Kier alpha value is -2.96. The molecule has 2 N–H and O–H groups in total. The maximum Gasteiger partial charge on any atom is 0.255 e. The van der Waals surface area contributed by atoms with Crippen molar-refractivity contribution in [3.8, 4) is 5.75 Å². The number of aryl methyl sites for hydroxylation is 2. The fraction of sp³-hybridized carbons (Fsp3) is 0.167. The van der Waals surface area contributed by atoms with Crippen LogP contribution in [-0.4, -0.2) is 24.7 Å². The molecule has 0 saturated carbocycles. The Morgan fingerprint density at radius 1 is 0.968 bits per heavy atom. The lowest BCUT2D eigenvalue weighted by Crippen LogP contribution is -2.15. The minimum Gasteiger partial charge on any atom is -0.495 e. The second kappa shape index (κ2) is 10.4.